The number of hydrogen-bond donors (Lipinski definition) is 0. The monoisotopic (exact) mass is 397 g/mol. The molecule has 2 fully saturated rings. The van der Waals surface area contributed by atoms with E-state index in [0.717, 1.165) is 10.2 Å². The van der Waals surface area contributed by atoms with Gasteiger partial charge >= 0.3 is 6.18 Å². The largest absolute Gasteiger partial charge is 0.391 e. The highest BCUT2D eigenvalue weighted by Crippen LogP contribution is 2.49. The molecule has 1 nitrogen and oxygen atoms in total. The summed E-state index contributed by atoms with van der Waals surface area (Å²) in [5, 5.41) is 0. The Hall–Kier alpha value is -0.720. The minimum Gasteiger partial charge on any atom is -0.256 e. The van der Waals surface area contributed by atoms with Crippen LogP contribution in [0.5, 0.6) is 0 Å². The highest BCUT2D eigenvalue weighted by molar-refractivity contribution is 9.10. The zero-order chi connectivity index (χ0) is 16.8. The minimum absolute atomic E-state index is 0.0384. The molecule has 1 heterocycles. The predicted molar refractivity (Wildman–Crippen MR) is 79.6 cm³/mol. The fourth-order valence-corrected chi connectivity index (χ4v) is 4.10. The second kappa shape index (κ2) is 5.97. The molecule has 3 rings (SSSR count). The molecule has 0 aromatic carbocycles. The van der Waals surface area contributed by atoms with E-state index in [9.17, 15) is 22.0 Å². The molecule has 0 amide bonds. The van der Waals surface area contributed by atoms with Gasteiger partial charge in [-0.3, -0.25) is 4.98 Å². The third-order valence-corrected chi connectivity index (χ3v) is 5.65. The predicted octanol–water partition coefficient (Wildman–Crippen LogP) is 6.19. The van der Waals surface area contributed by atoms with Gasteiger partial charge in [0.25, 0.3) is 0 Å². The van der Waals surface area contributed by atoms with E-state index in [2.05, 4.69) is 20.9 Å². The Morgan fingerprint density at radius 1 is 1.00 bits per heavy atom. The third-order valence-electron chi connectivity index (χ3n) is 4.98. The summed E-state index contributed by atoms with van der Waals surface area (Å²) in [4.78, 5) is 4.51. The van der Waals surface area contributed by atoms with Crippen molar-refractivity contribution in [3.63, 3.8) is 0 Å². The van der Waals surface area contributed by atoms with Crippen LogP contribution in [0.2, 0.25) is 0 Å². The van der Waals surface area contributed by atoms with E-state index in [0.29, 0.717) is 18.5 Å². The summed E-state index contributed by atoms with van der Waals surface area (Å²) in [5.74, 6) is -4.12. The quantitative estimate of drug-likeness (QED) is 0.541. The fraction of sp³-hybridized carbons (Fsp3) is 0.688. The second-order valence-electron chi connectivity index (χ2n) is 6.65. The lowest BCUT2D eigenvalue weighted by molar-refractivity contribution is -0.182. The second-order valence-corrected chi connectivity index (χ2v) is 7.51. The highest BCUT2D eigenvalue weighted by Gasteiger charge is 2.47. The maximum atomic E-state index is 13.0. The number of nitrogens with zero attached hydrogens (tertiary/aromatic N) is 1. The van der Waals surface area contributed by atoms with Crippen molar-refractivity contribution < 1.29 is 22.0 Å². The Bertz CT molecular complexity index is 570. The Kier molecular flexibility index (Phi) is 4.44. The molecule has 0 unspecified atom stereocenters. The lowest BCUT2D eigenvalue weighted by Gasteiger charge is -2.35. The number of aromatic nitrogens is 1. The van der Waals surface area contributed by atoms with Gasteiger partial charge in [-0.15, -0.1) is 0 Å². The molecule has 0 N–H and O–H groups in total. The van der Waals surface area contributed by atoms with Gasteiger partial charge in [0, 0.05) is 34.8 Å². The number of alkyl halides is 5. The van der Waals surface area contributed by atoms with Crippen LogP contribution in [-0.4, -0.2) is 17.1 Å². The van der Waals surface area contributed by atoms with Crippen LogP contribution < -0.4 is 0 Å². The van der Waals surface area contributed by atoms with Gasteiger partial charge < -0.3 is 0 Å². The summed E-state index contributed by atoms with van der Waals surface area (Å²) >= 11 is 3.40. The van der Waals surface area contributed by atoms with Crippen LogP contribution in [0, 0.1) is 5.92 Å². The van der Waals surface area contributed by atoms with E-state index in [1.54, 1.807) is 12.1 Å². The minimum atomic E-state index is -4.13. The summed E-state index contributed by atoms with van der Waals surface area (Å²) in [7, 11) is 0. The van der Waals surface area contributed by atoms with Crippen molar-refractivity contribution in [1.29, 1.82) is 0 Å². The molecule has 2 aliphatic carbocycles. The highest BCUT2D eigenvalue weighted by atomic mass is 79.9. The topological polar surface area (TPSA) is 12.9 Å². The van der Waals surface area contributed by atoms with Crippen LogP contribution in [0.1, 0.15) is 61.7 Å². The van der Waals surface area contributed by atoms with Crippen LogP contribution in [0.15, 0.2) is 16.6 Å². The summed E-state index contributed by atoms with van der Waals surface area (Å²) in [5.41, 5.74) is 1.35. The van der Waals surface area contributed by atoms with Crippen LogP contribution >= 0.6 is 15.9 Å². The van der Waals surface area contributed by atoms with Crippen molar-refractivity contribution in [2.75, 3.05) is 0 Å². The van der Waals surface area contributed by atoms with E-state index in [1.807, 2.05) is 0 Å². The van der Waals surface area contributed by atoms with Crippen molar-refractivity contribution in [3.8, 4) is 0 Å². The molecule has 128 valence electrons. The third kappa shape index (κ3) is 3.69. The van der Waals surface area contributed by atoms with Crippen LogP contribution in [0.4, 0.5) is 22.0 Å². The molecule has 0 bridgehead atoms. The van der Waals surface area contributed by atoms with Crippen molar-refractivity contribution in [2.24, 2.45) is 5.92 Å². The Morgan fingerprint density at radius 2 is 1.61 bits per heavy atom. The molecule has 0 atom stereocenters. The number of hydrogen-bond acceptors (Lipinski definition) is 1. The first-order valence-electron chi connectivity index (χ1n) is 7.76. The zero-order valence-electron chi connectivity index (χ0n) is 12.3. The first-order chi connectivity index (χ1) is 10.7. The standard InChI is InChI=1S/C16H17BrF5N/c17-12-5-6-13(10-7-15(18,19)8-10)23-14(12)9-1-3-11(4-2-9)16(20,21)22/h5-6,9-11H,1-4,7-8H2/t9-,11-. The molecule has 23 heavy (non-hydrogen) atoms. The Morgan fingerprint density at radius 3 is 2.13 bits per heavy atom. The summed E-state index contributed by atoms with van der Waals surface area (Å²) < 4.78 is 65.0. The fourth-order valence-electron chi connectivity index (χ4n) is 3.55. The number of halogens is 6. The van der Waals surface area contributed by atoms with Crippen LogP contribution in [0.25, 0.3) is 0 Å². The molecular weight excluding hydrogens is 381 g/mol. The lowest BCUT2D eigenvalue weighted by Crippen LogP contribution is -2.34. The van der Waals surface area contributed by atoms with Gasteiger partial charge in [0.1, 0.15) is 0 Å². The number of rotatable bonds is 2. The first-order valence-corrected chi connectivity index (χ1v) is 8.56. The van der Waals surface area contributed by atoms with Crippen molar-refractivity contribution in [1.82, 2.24) is 4.98 Å². The zero-order valence-corrected chi connectivity index (χ0v) is 13.9. The average molecular weight is 398 g/mol. The van der Waals surface area contributed by atoms with Gasteiger partial charge in [0.2, 0.25) is 5.92 Å². The van der Waals surface area contributed by atoms with Gasteiger partial charge in [-0.1, -0.05) is 0 Å². The van der Waals surface area contributed by atoms with E-state index >= 15 is 0 Å². The maximum Gasteiger partial charge on any atom is 0.391 e. The van der Waals surface area contributed by atoms with E-state index in [1.165, 1.54) is 0 Å². The molecule has 0 saturated heterocycles. The van der Waals surface area contributed by atoms with E-state index in [4.69, 9.17) is 0 Å². The van der Waals surface area contributed by atoms with Crippen LogP contribution in [-0.2, 0) is 0 Å². The molecule has 0 radical (unpaired) electrons. The van der Waals surface area contributed by atoms with Gasteiger partial charge in [0.05, 0.1) is 11.6 Å². The molecule has 7 heteroatoms. The van der Waals surface area contributed by atoms with Crippen molar-refractivity contribution >= 4 is 15.9 Å². The number of pyridine rings is 1. The Labute approximate surface area is 139 Å². The summed E-state index contributed by atoms with van der Waals surface area (Å²) in [6.07, 6.45) is -3.44. The molecule has 1 aromatic rings. The van der Waals surface area contributed by atoms with Gasteiger partial charge in [-0.2, -0.15) is 13.2 Å². The lowest BCUT2D eigenvalue weighted by atomic mass is 9.78. The molecule has 0 aliphatic heterocycles. The van der Waals surface area contributed by atoms with Gasteiger partial charge in [-0.25, -0.2) is 8.78 Å². The molecule has 2 saturated carbocycles. The maximum absolute atomic E-state index is 13.0. The van der Waals surface area contributed by atoms with E-state index in [-0.39, 0.29) is 37.5 Å². The molecule has 2 aliphatic rings. The Balaban J connectivity index is 1.71. The normalized spacial score (nSPS) is 28.4. The van der Waals surface area contributed by atoms with Crippen molar-refractivity contribution in [3.05, 3.63) is 28.0 Å². The van der Waals surface area contributed by atoms with Gasteiger partial charge in [0.15, 0.2) is 0 Å². The summed E-state index contributed by atoms with van der Waals surface area (Å²) in [6.45, 7) is 0. The van der Waals surface area contributed by atoms with Gasteiger partial charge in [-0.05, 0) is 53.7 Å². The molecule has 0 spiro atoms. The smallest absolute Gasteiger partial charge is 0.256 e. The van der Waals surface area contributed by atoms with Crippen LogP contribution in [0.3, 0.4) is 0 Å². The van der Waals surface area contributed by atoms with E-state index < -0.39 is 18.0 Å². The summed E-state index contributed by atoms with van der Waals surface area (Å²) in [6, 6.07) is 3.51. The first kappa shape index (κ1) is 17.1. The van der Waals surface area contributed by atoms with Crippen molar-refractivity contribution in [2.45, 2.75) is 62.5 Å². The molecular formula is C16H17BrF5N. The average Bonchev–Trinajstić information content (AvgIpc) is 2.44. The molecule has 1 aromatic heterocycles. The SMILES string of the molecule is FC1(F)CC(c2ccc(Br)c([C@H]3CC[C@H](C(F)(F)F)CC3)n2)C1.